The first kappa shape index (κ1) is 13.2. The number of ether oxygens (including phenoxy) is 1. The topological polar surface area (TPSA) is 59.9 Å². The molecule has 0 aliphatic heterocycles. The predicted octanol–water partition coefficient (Wildman–Crippen LogP) is 2.65. The van der Waals surface area contributed by atoms with Crippen molar-refractivity contribution in [2.75, 3.05) is 12.4 Å². The Morgan fingerprint density at radius 1 is 1.44 bits per heavy atom. The number of methoxy groups -OCH3 is 1. The van der Waals surface area contributed by atoms with Crippen molar-refractivity contribution in [2.24, 2.45) is 0 Å². The highest BCUT2D eigenvalue weighted by Gasteiger charge is 2.04. The molecule has 0 fully saturated rings. The SMILES string of the molecule is COCc1nc(Cl)cc(NCc2cnc(C)s2)n1. The number of anilines is 1. The Bertz CT molecular complexity index is 532. The quantitative estimate of drug-likeness (QED) is 0.856. The first-order valence-corrected chi connectivity index (χ1v) is 6.54. The molecule has 0 aliphatic rings. The number of hydrogen-bond donors (Lipinski definition) is 1. The summed E-state index contributed by atoms with van der Waals surface area (Å²) in [6, 6.07) is 1.69. The fourth-order valence-electron chi connectivity index (χ4n) is 1.41. The Kier molecular flexibility index (Phi) is 4.46. The summed E-state index contributed by atoms with van der Waals surface area (Å²) in [4.78, 5) is 13.7. The summed E-state index contributed by atoms with van der Waals surface area (Å²) in [5, 5.41) is 4.64. The van der Waals surface area contributed by atoms with Gasteiger partial charge in [0.2, 0.25) is 0 Å². The van der Waals surface area contributed by atoms with Gasteiger partial charge in [0.15, 0.2) is 5.82 Å². The smallest absolute Gasteiger partial charge is 0.158 e. The van der Waals surface area contributed by atoms with Gasteiger partial charge in [-0.15, -0.1) is 11.3 Å². The standard InChI is InChI=1S/C11H13ClN4OS/c1-7-13-4-8(18-7)5-14-10-3-9(12)15-11(16-10)6-17-2/h3-4H,5-6H2,1-2H3,(H,14,15,16). The molecule has 0 spiro atoms. The van der Waals surface area contributed by atoms with E-state index in [0.29, 0.717) is 29.9 Å². The van der Waals surface area contributed by atoms with Crippen molar-refractivity contribution in [2.45, 2.75) is 20.1 Å². The zero-order chi connectivity index (χ0) is 13.0. The summed E-state index contributed by atoms with van der Waals surface area (Å²) < 4.78 is 4.98. The van der Waals surface area contributed by atoms with Gasteiger partial charge < -0.3 is 10.1 Å². The van der Waals surface area contributed by atoms with Crippen LogP contribution in [0.1, 0.15) is 15.7 Å². The maximum atomic E-state index is 5.92. The lowest BCUT2D eigenvalue weighted by molar-refractivity contribution is 0.178. The van der Waals surface area contributed by atoms with Crippen LogP contribution < -0.4 is 5.32 Å². The van der Waals surface area contributed by atoms with Gasteiger partial charge >= 0.3 is 0 Å². The highest BCUT2D eigenvalue weighted by Crippen LogP contribution is 2.16. The molecule has 5 nitrogen and oxygen atoms in total. The van der Waals surface area contributed by atoms with Crippen LogP contribution in [-0.4, -0.2) is 22.1 Å². The van der Waals surface area contributed by atoms with Crippen LogP contribution in [0.15, 0.2) is 12.3 Å². The predicted molar refractivity (Wildman–Crippen MR) is 71.9 cm³/mol. The molecule has 0 radical (unpaired) electrons. The van der Waals surface area contributed by atoms with Crippen molar-refractivity contribution >= 4 is 28.8 Å². The molecular weight excluding hydrogens is 272 g/mol. The highest BCUT2D eigenvalue weighted by atomic mass is 35.5. The lowest BCUT2D eigenvalue weighted by Crippen LogP contribution is -2.04. The third-order valence-electron chi connectivity index (χ3n) is 2.13. The van der Waals surface area contributed by atoms with Gasteiger partial charge in [0, 0.05) is 24.3 Å². The van der Waals surface area contributed by atoms with Crippen LogP contribution in [0, 0.1) is 6.92 Å². The van der Waals surface area contributed by atoms with E-state index >= 15 is 0 Å². The minimum atomic E-state index is 0.342. The molecule has 2 aromatic rings. The molecule has 2 rings (SSSR count). The van der Waals surface area contributed by atoms with Gasteiger partial charge in [-0.3, -0.25) is 0 Å². The Morgan fingerprint density at radius 2 is 2.28 bits per heavy atom. The largest absolute Gasteiger partial charge is 0.377 e. The van der Waals surface area contributed by atoms with E-state index < -0.39 is 0 Å². The molecule has 0 bridgehead atoms. The van der Waals surface area contributed by atoms with Gasteiger partial charge in [0.1, 0.15) is 17.6 Å². The average Bonchev–Trinajstić information content (AvgIpc) is 2.72. The maximum absolute atomic E-state index is 5.92. The monoisotopic (exact) mass is 284 g/mol. The third-order valence-corrected chi connectivity index (χ3v) is 3.23. The van der Waals surface area contributed by atoms with E-state index in [1.807, 2.05) is 13.1 Å². The molecule has 2 heterocycles. The fraction of sp³-hybridized carbons (Fsp3) is 0.364. The van der Waals surface area contributed by atoms with Crippen molar-refractivity contribution in [3.05, 3.63) is 33.1 Å². The van der Waals surface area contributed by atoms with E-state index in [2.05, 4.69) is 20.3 Å². The molecule has 2 aromatic heterocycles. The number of aromatic nitrogens is 3. The van der Waals surface area contributed by atoms with Crippen molar-refractivity contribution in [1.82, 2.24) is 15.0 Å². The average molecular weight is 285 g/mol. The summed E-state index contributed by atoms with van der Waals surface area (Å²) >= 11 is 7.57. The van der Waals surface area contributed by atoms with Gasteiger partial charge in [-0.25, -0.2) is 15.0 Å². The molecule has 0 amide bonds. The van der Waals surface area contributed by atoms with E-state index in [9.17, 15) is 0 Å². The van der Waals surface area contributed by atoms with Crippen molar-refractivity contribution in [1.29, 1.82) is 0 Å². The summed E-state index contributed by atoms with van der Waals surface area (Å²) in [5.41, 5.74) is 0. The molecule has 0 atom stereocenters. The van der Waals surface area contributed by atoms with Crippen molar-refractivity contribution in [3.8, 4) is 0 Å². The second-order valence-electron chi connectivity index (χ2n) is 3.62. The summed E-state index contributed by atoms with van der Waals surface area (Å²) in [6.07, 6.45) is 1.85. The van der Waals surface area contributed by atoms with Gasteiger partial charge in [0.25, 0.3) is 0 Å². The number of hydrogen-bond acceptors (Lipinski definition) is 6. The highest BCUT2D eigenvalue weighted by molar-refractivity contribution is 7.11. The first-order valence-electron chi connectivity index (χ1n) is 5.35. The lowest BCUT2D eigenvalue weighted by Gasteiger charge is -2.06. The zero-order valence-electron chi connectivity index (χ0n) is 10.1. The summed E-state index contributed by atoms with van der Waals surface area (Å²) in [7, 11) is 1.59. The first-order chi connectivity index (χ1) is 8.67. The minimum Gasteiger partial charge on any atom is -0.377 e. The number of aryl methyl sites for hydroxylation is 1. The number of halogens is 1. The maximum Gasteiger partial charge on any atom is 0.158 e. The third kappa shape index (κ3) is 3.63. The Balaban J connectivity index is 2.04. The zero-order valence-corrected chi connectivity index (χ0v) is 11.7. The molecule has 0 saturated carbocycles. The van der Waals surface area contributed by atoms with Gasteiger partial charge in [0.05, 0.1) is 11.6 Å². The van der Waals surface area contributed by atoms with Crippen LogP contribution in [0.5, 0.6) is 0 Å². The van der Waals surface area contributed by atoms with E-state index in [0.717, 1.165) is 9.88 Å². The summed E-state index contributed by atoms with van der Waals surface area (Å²) in [5.74, 6) is 1.25. The van der Waals surface area contributed by atoms with Crippen LogP contribution in [0.2, 0.25) is 5.15 Å². The molecule has 0 aliphatic carbocycles. The van der Waals surface area contributed by atoms with Gasteiger partial charge in [-0.1, -0.05) is 11.6 Å². The molecule has 18 heavy (non-hydrogen) atoms. The van der Waals surface area contributed by atoms with Crippen molar-refractivity contribution in [3.63, 3.8) is 0 Å². The van der Waals surface area contributed by atoms with Crippen LogP contribution in [0.4, 0.5) is 5.82 Å². The van der Waals surface area contributed by atoms with Crippen LogP contribution in [0.25, 0.3) is 0 Å². The normalized spacial score (nSPS) is 10.6. The lowest BCUT2D eigenvalue weighted by atomic mass is 10.5. The molecule has 7 heteroatoms. The van der Waals surface area contributed by atoms with E-state index in [1.54, 1.807) is 24.5 Å². The van der Waals surface area contributed by atoms with Crippen molar-refractivity contribution < 1.29 is 4.74 Å². The fourth-order valence-corrected chi connectivity index (χ4v) is 2.35. The van der Waals surface area contributed by atoms with Crippen LogP contribution in [0.3, 0.4) is 0 Å². The van der Waals surface area contributed by atoms with Gasteiger partial charge in [-0.2, -0.15) is 0 Å². The number of nitrogens with one attached hydrogen (secondary N) is 1. The minimum absolute atomic E-state index is 0.342. The molecule has 0 aromatic carbocycles. The second-order valence-corrected chi connectivity index (χ2v) is 5.33. The Labute approximate surface area is 114 Å². The number of nitrogens with zero attached hydrogens (tertiary/aromatic N) is 3. The Hall–Kier alpha value is -1.24. The molecule has 0 saturated heterocycles. The second kappa shape index (κ2) is 6.08. The van der Waals surface area contributed by atoms with Gasteiger partial charge in [-0.05, 0) is 6.92 Å². The van der Waals surface area contributed by atoms with E-state index in [1.165, 1.54) is 0 Å². The van der Waals surface area contributed by atoms with Crippen LogP contribution >= 0.6 is 22.9 Å². The molecular formula is C11H13ClN4OS. The summed E-state index contributed by atoms with van der Waals surface area (Å²) in [6.45, 7) is 2.99. The van der Waals surface area contributed by atoms with E-state index in [-0.39, 0.29) is 0 Å². The van der Waals surface area contributed by atoms with E-state index in [4.69, 9.17) is 16.3 Å². The van der Waals surface area contributed by atoms with Crippen LogP contribution in [-0.2, 0) is 17.9 Å². The molecule has 96 valence electrons. The molecule has 0 unspecified atom stereocenters. The number of thiazole rings is 1. The number of rotatable bonds is 5. The molecule has 1 N–H and O–H groups in total. The Morgan fingerprint density at radius 3 is 2.94 bits per heavy atom.